The monoisotopic (exact) mass is 438 g/mol. The average Bonchev–Trinajstić information content (AvgIpc) is 3.40. The standard InChI is InChI=1S/C26H26N6O/c1-18-10-12-21(32-14-6-3-7-15-32)17-23(18)26(33)27-24-16-20(19-8-4-2-5-9-19)11-13-22(24)25-28-30-31-29-25/h2,4-5,8-13,16-17H,3,6-7,14-15H2,1H3,(H,27,33)(H,28,29,30,31). The first-order valence-electron chi connectivity index (χ1n) is 11.3. The number of hydrogen-bond acceptors (Lipinski definition) is 5. The molecule has 0 saturated carbocycles. The molecule has 166 valence electrons. The van der Waals surface area contributed by atoms with Crippen LogP contribution >= 0.6 is 0 Å². The fraction of sp³-hybridized carbons (Fsp3) is 0.231. The van der Waals surface area contributed by atoms with Crippen LogP contribution in [0.2, 0.25) is 0 Å². The van der Waals surface area contributed by atoms with Crippen LogP contribution in [0.15, 0.2) is 66.7 Å². The molecule has 1 fully saturated rings. The maximum Gasteiger partial charge on any atom is 0.256 e. The molecular formula is C26H26N6O. The number of aryl methyl sites for hydroxylation is 1. The van der Waals surface area contributed by atoms with E-state index in [1.54, 1.807) is 0 Å². The zero-order chi connectivity index (χ0) is 22.6. The fourth-order valence-corrected chi connectivity index (χ4v) is 4.33. The van der Waals surface area contributed by atoms with Crippen molar-refractivity contribution in [3.8, 4) is 22.5 Å². The van der Waals surface area contributed by atoms with E-state index in [9.17, 15) is 4.79 Å². The summed E-state index contributed by atoms with van der Waals surface area (Å²) in [6, 6.07) is 22.1. The van der Waals surface area contributed by atoms with E-state index in [0.717, 1.165) is 41.0 Å². The van der Waals surface area contributed by atoms with Crippen LogP contribution in [0.4, 0.5) is 11.4 Å². The molecular weight excluding hydrogens is 412 g/mol. The maximum atomic E-state index is 13.4. The van der Waals surface area contributed by atoms with Gasteiger partial charge in [-0.2, -0.15) is 0 Å². The number of rotatable bonds is 5. The van der Waals surface area contributed by atoms with Gasteiger partial charge in [-0.1, -0.05) is 42.5 Å². The Labute approximate surface area is 192 Å². The summed E-state index contributed by atoms with van der Waals surface area (Å²) in [5, 5.41) is 17.4. The van der Waals surface area contributed by atoms with Crippen molar-refractivity contribution in [3.63, 3.8) is 0 Å². The van der Waals surface area contributed by atoms with Crippen molar-refractivity contribution in [2.75, 3.05) is 23.3 Å². The molecule has 33 heavy (non-hydrogen) atoms. The second kappa shape index (κ2) is 9.24. The summed E-state index contributed by atoms with van der Waals surface area (Å²) in [7, 11) is 0. The maximum absolute atomic E-state index is 13.4. The molecule has 5 rings (SSSR count). The largest absolute Gasteiger partial charge is 0.372 e. The highest BCUT2D eigenvalue weighted by Crippen LogP contribution is 2.31. The zero-order valence-corrected chi connectivity index (χ0v) is 18.6. The third kappa shape index (κ3) is 4.48. The van der Waals surface area contributed by atoms with Gasteiger partial charge < -0.3 is 10.2 Å². The Morgan fingerprint density at radius 2 is 1.76 bits per heavy atom. The lowest BCUT2D eigenvalue weighted by atomic mass is 10.0. The highest BCUT2D eigenvalue weighted by molar-refractivity contribution is 6.07. The Balaban J connectivity index is 1.49. The van der Waals surface area contributed by atoms with E-state index >= 15 is 0 Å². The number of carbonyl (C=O) groups excluding carboxylic acids is 1. The molecule has 4 aromatic rings. The van der Waals surface area contributed by atoms with E-state index in [4.69, 9.17) is 0 Å². The summed E-state index contributed by atoms with van der Waals surface area (Å²) in [5.41, 5.74) is 6.17. The van der Waals surface area contributed by atoms with Gasteiger partial charge in [-0.05, 0) is 77.6 Å². The average molecular weight is 439 g/mol. The highest BCUT2D eigenvalue weighted by atomic mass is 16.1. The number of piperidine rings is 1. The molecule has 7 heteroatoms. The third-order valence-electron chi connectivity index (χ3n) is 6.16. The van der Waals surface area contributed by atoms with Gasteiger partial charge in [-0.3, -0.25) is 4.79 Å². The highest BCUT2D eigenvalue weighted by Gasteiger charge is 2.18. The number of tetrazole rings is 1. The second-order valence-corrected chi connectivity index (χ2v) is 8.38. The minimum Gasteiger partial charge on any atom is -0.372 e. The minimum absolute atomic E-state index is 0.148. The molecule has 3 aromatic carbocycles. The molecule has 0 unspecified atom stereocenters. The van der Waals surface area contributed by atoms with Crippen molar-refractivity contribution in [3.05, 3.63) is 77.9 Å². The van der Waals surface area contributed by atoms with Gasteiger partial charge in [0.05, 0.1) is 5.69 Å². The lowest BCUT2D eigenvalue weighted by Gasteiger charge is -2.29. The van der Waals surface area contributed by atoms with Crippen LogP contribution in [0, 0.1) is 6.92 Å². The van der Waals surface area contributed by atoms with E-state index in [2.05, 4.69) is 36.9 Å². The topological polar surface area (TPSA) is 86.8 Å². The van der Waals surface area contributed by atoms with Gasteiger partial charge in [0, 0.05) is 29.9 Å². The van der Waals surface area contributed by atoms with Crippen molar-refractivity contribution >= 4 is 17.3 Å². The van der Waals surface area contributed by atoms with Crippen LogP contribution in [0.5, 0.6) is 0 Å². The predicted molar refractivity (Wildman–Crippen MR) is 130 cm³/mol. The van der Waals surface area contributed by atoms with E-state index < -0.39 is 0 Å². The quantitative estimate of drug-likeness (QED) is 0.453. The summed E-state index contributed by atoms with van der Waals surface area (Å²) in [5.74, 6) is 0.356. The Kier molecular flexibility index (Phi) is 5.85. The number of amides is 1. The van der Waals surface area contributed by atoms with Gasteiger partial charge in [0.15, 0.2) is 5.82 Å². The molecule has 0 atom stereocenters. The molecule has 0 spiro atoms. The zero-order valence-electron chi connectivity index (χ0n) is 18.6. The number of H-pyrrole nitrogens is 1. The molecule has 1 amide bonds. The van der Waals surface area contributed by atoms with Crippen molar-refractivity contribution < 1.29 is 4.79 Å². The Morgan fingerprint density at radius 1 is 0.939 bits per heavy atom. The van der Waals surface area contributed by atoms with Gasteiger partial charge in [0.2, 0.25) is 0 Å². The molecule has 0 bridgehead atoms. The molecule has 1 aliphatic heterocycles. The number of carbonyl (C=O) groups is 1. The Hall–Kier alpha value is -4.00. The molecule has 1 aliphatic rings. The number of aromatic nitrogens is 4. The van der Waals surface area contributed by atoms with Gasteiger partial charge >= 0.3 is 0 Å². The molecule has 1 aromatic heterocycles. The van der Waals surface area contributed by atoms with E-state index in [-0.39, 0.29) is 5.91 Å². The number of aromatic amines is 1. The number of anilines is 2. The van der Waals surface area contributed by atoms with Crippen LogP contribution in [0.1, 0.15) is 35.2 Å². The second-order valence-electron chi connectivity index (χ2n) is 8.38. The predicted octanol–water partition coefficient (Wildman–Crippen LogP) is 5.08. The first kappa shape index (κ1) is 20.9. The van der Waals surface area contributed by atoms with Crippen LogP contribution in [-0.2, 0) is 0 Å². The van der Waals surface area contributed by atoms with Gasteiger partial charge in [0.25, 0.3) is 5.91 Å². The summed E-state index contributed by atoms with van der Waals surface area (Å²) in [6.45, 7) is 4.04. The number of nitrogens with zero attached hydrogens (tertiary/aromatic N) is 4. The van der Waals surface area contributed by atoms with Crippen LogP contribution < -0.4 is 10.2 Å². The smallest absolute Gasteiger partial charge is 0.256 e. The number of nitrogens with one attached hydrogen (secondary N) is 2. The van der Waals surface area contributed by atoms with Crippen molar-refractivity contribution in [1.29, 1.82) is 0 Å². The summed E-state index contributed by atoms with van der Waals surface area (Å²) < 4.78 is 0. The normalized spacial score (nSPS) is 13.7. The van der Waals surface area contributed by atoms with Crippen molar-refractivity contribution in [2.24, 2.45) is 0 Å². The molecule has 2 N–H and O–H groups in total. The van der Waals surface area contributed by atoms with Gasteiger partial charge in [-0.25, -0.2) is 5.10 Å². The molecule has 7 nitrogen and oxygen atoms in total. The van der Waals surface area contributed by atoms with Crippen LogP contribution in [-0.4, -0.2) is 39.6 Å². The van der Waals surface area contributed by atoms with Gasteiger partial charge in [0.1, 0.15) is 0 Å². The lowest BCUT2D eigenvalue weighted by molar-refractivity contribution is 0.102. The molecule has 0 radical (unpaired) electrons. The van der Waals surface area contributed by atoms with Crippen molar-refractivity contribution in [2.45, 2.75) is 26.2 Å². The molecule has 0 aliphatic carbocycles. The SMILES string of the molecule is Cc1ccc(N2CCCCC2)cc1C(=O)Nc1cc(-c2ccccc2)ccc1-c1nnn[nH]1. The number of benzene rings is 3. The number of hydrogen-bond donors (Lipinski definition) is 2. The van der Waals surface area contributed by atoms with E-state index in [1.807, 2.05) is 67.6 Å². The Bertz CT molecular complexity index is 1250. The minimum atomic E-state index is -0.148. The van der Waals surface area contributed by atoms with Crippen LogP contribution in [0.3, 0.4) is 0 Å². The van der Waals surface area contributed by atoms with Crippen molar-refractivity contribution in [1.82, 2.24) is 20.6 Å². The Morgan fingerprint density at radius 3 is 2.52 bits per heavy atom. The van der Waals surface area contributed by atoms with E-state index in [1.165, 1.54) is 19.3 Å². The summed E-state index contributed by atoms with van der Waals surface area (Å²) in [6.07, 6.45) is 3.65. The summed E-state index contributed by atoms with van der Waals surface area (Å²) in [4.78, 5) is 15.8. The van der Waals surface area contributed by atoms with Gasteiger partial charge in [-0.15, -0.1) is 5.10 Å². The molecule has 2 heterocycles. The summed E-state index contributed by atoms with van der Waals surface area (Å²) >= 11 is 0. The first-order valence-corrected chi connectivity index (χ1v) is 11.3. The fourth-order valence-electron chi connectivity index (χ4n) is 4.33. The molecule has 1 saturated heterocycles. The third-order valence-corrected chi connectivity index (χ3v) is 6.16. The van der Waals surface area contributed by atoms with Crippen LogP contribution in [0.25, 0.3) is 22.5 Å². The first-order chi connectivity index (χ1) is 16.2. The van der Waals surface area contributed by atoms with E-state index in [0.29, 0.717) is 17.1 Å². The lowest BCUT2D eigenvalue weighted by Crippen LogP contribution is -2.29.